The van der Waals surface area contributed by atoms with E-state index in [1.165, 1.54) is 13.1 Å². The minimum Gasteiger partial charge on any atom is -0.314 e. The van der Waals surface area contributed by atoms with E-state index in [1.54, 1.807) is 0 Å². The minimum absolute atomic E-state index is 0.960. The Kier molecular flexibility index (Phi) is 2.18. The van der Waals surface area contributed by atoms with E-state index >= 15 is 0 Å². The molecule has 46 valence electrons. The van der Waals surface area contributed by atoms with Crippen molar-refractivity contribution in [3.8, 4) is 0 Å². The van der Waals surface area contributed by atoms with Crippen molar-refractivity contribution in [1.29, 1.82) is 0 Å². The van der Waals surface area contributed by atoms with Gasteiger partial charge in [0.25, 0.3) is 0 Å². The topological polar surface area (TPSA) is 15.3 Å². The van der Waals surface area contributed by atoms with Crippen LogP contribution in [0.5, 0.6) is 0 Å². The molecule has 1 aliphatic heterocycles. The Labute approximate surface area is 50.9 Å². The molecule has 0 unspecified atom stereocenters. The second-order valence-corrected chi connectivity index (χ2v) is 2.09. The average Bonchev–Trinajstić information content (AvgIpc) is 1.90. The zero-order valence-electron chi connectivity index (χ0n) is 5.19. The van der Waals surface area contributed by atoms with E-state index in [0.717, 1.165) is 19.6 Å². The molecule has 1 aliphatic rings. The molecule has 8 heavy (non-hydrogen) atoms. The molecule has 0 amide bonds. The van der Waals surface area contributed by atoms with E-state index in [1.807, 2.05) is 0 Å². The maximum absolute atomic E-state index is 3.81. The fraction of sp³-hybridized carbons (Fsp3) is 0.833. The quantitative estimate of drug-likeness (QED) is 0.471. The highest BCUT2D eigenvalue weighted by atomic mass is 15.2. The highest BCUT2D eigenvalue weighted by molar-refractivity contribution is 4.67. The smallest absolute Gasteiger partial charge is 0.138 e. The fourth-order valence-electron chi connectivity index (χ4n) is 0.935. The molecule has 1 N–H and O–H groups in total. The van der Waals surface area contributed by atoms with Crippen LogP contribution >= 0.6 is 0 Å². The van der Waals surface area contributed by atoms with Gasteiger partial charge in [-0.05, 0) is 0 Å². The van der Waals surface area contributed by atoms with Crippen molar-refractivity contribution in [3.63, 3.8) is 0 Å². The van der Waals surface area contributed by atoms with E-state index in [4.69, 9.17) is 0 Å². The van der Waals surface area contributed by atoms with Gasteiger partial charge in [-0.3, -0.25) is 4.90 Å². The van der Waals surface area contributed by atoms with E-state index in [0.29, 0.717) is 0 Å². The Bertz CT molecular complexity index is 57.5. The molecule has 2 heteroatoms. The largest absolute Gasteiger partial charge is 0.314 e. The number of nitrogens with one attached hydrogen (secondary N) is 1. The lowest BCUT2D eigenvalue weighted by Gasteiger charge is -2.22. The van der Waals surface area contributed by atoms with Crippen molar-refractivity contribution in [2.45, 2.75) is 0 Å². The molecular weight excluding hydrogens is 100 g/mol. The lowest BCUT2D eigenvalue weighted by molar-refractivity contribution is 0.264. The maximum Gasteiger partial charge on any atom is 0.138 e. The van der Waals surface area contributed by atoms with E-state index in [-0.39, 0.29) is 0 Å². The van der Waals surface area contributed by atoms with Crippen LogP contribution in [0, 0.1) is 6.92 Å². The van der Waals surface area contributed by atoms with Crippen molar-refractivity contribution in [3.05, 3.63) is 6.92 Å². The zero-order valence-corrected chi connectivity index (χ0v) is 5.19. The van der Waals surface area contributed by atoms with Crippen LogP contribution < -0.4 is 5.32 Å². The summed E-state index contributed by atoms with van der Waals surface area (Å²) in [5, 5.41) is 3.28. The van der Waals surface area contributed by atoms with Crippen LogP contribution in [0.4, 0.5) is 0 Å². The van der Waals surface area contributed by atoms with Crippen LogP contribution in [0.15, 0.2) is 0 Å². The number of hydrogen-bond donors (Lipinski definition) is 1. The summed E-state index contributed by atoms with van der Waals surface area (Å²) in [6.45, 7) is 9.38. The first kappa shape index (κ1) is 5.92. The van der Waals surface area contributed by atoms with Gasteiger partial charge < -0.3 is 5.32 Å². The molecule has 0 aromatic rings. The third kappa shape index (κ3) is 1.39. The highest BCUT2D eigenvalue weighted by Gasteiger charge is 2.07. The third-order valence-electron chi connectivity index (χ3n) is 1.53. The Balaban J connectivity index is 2.13. The van der Waals surface area contributed by atoms with Crippen LogP contribution in [0.3, 0.4) is 0 Å². The highest BCUT2D eigenvalue weighted by Crippen LogP contribution is 1.88. The second kappa shape index (κ2) is 2.95. The van der Waals surface area contributed by atoms with Crippen molar-refractivity contribution in [1.82, 2.24) is 10.2 Å². The average molecular weight is 113 g/mol. The molecule has 1 rings (SSSR count). The monoisotopic (exact) mass is 113 g/mol. The van der Waals surface area contributed by atoms with Gasteiger partial charge in [0.1, 0.15) is 6.54 Å². The summed E-state index contributed by atoms with van der Waals surface area (Å²) in [5.74, 6) is 0. The van der Waals surface area contributed by atoms with Gasteiger partial charge in [-0.1, -0.05) is 0 Å². The summed E-state index contributed by atoms with van der Waals surface area (Å²) in [4.78, 5) is 2.34. The van der Waals surface area contributed by atoms with Crippen molar-refractivity contribution >= 4 is 0 Å². The van der Waals surface area contributed by atoms with E-state index in [9.17, 15) is 0 Å². The summed E-state index contributed by atoms with van der Waals surface area (Å²) in [6, 6.07) is 0. The van der Waals surface area contributed by atoms with Gasteiger partial charge in [0.2, 0.25) is 0 Å². The molecule has 2 nitrogen and oxygen atoms in total. The van der Waals surface area contributed by atoms with Crippen molar-refractivity contribution < 1.29 is 0 Å². The van der Waals surface area contributed by atoms with Gasteiger partial charge in [-0.2, -0.15) is 0 Å². The molecule has 0 aliphatic carbocycles. The first-order valence-electron chi connectivity index (χ1n) is 3.16. The lowest BCUT2D eigenvalue weighted by Crippen LogP contribution is -2.43. The Hall–Kier alpha value is -0.210. The van der Waals surface area contributed by atoms with E-state index in [2.05, 4.69) is 17.1 Å². The van der Waals surface area contributed by atoms with Crippen LogP contribution in [-0.4, -0.2) is 37.6 Å². The summed E-state index contributed by atoms with van der Waals surface area (Å²) in [5.41, 5.74) is 0. The Morgan fingerprint density at radius 3 is 2.38 bits per heavy atom. The molecule has 0 aromatic heterocycles. The number of nitrogens with zero attached hydrogens (tertiary/aromatic N) is 1. The molecule has 1 fully saturated rings. The summed E-state index contributed by atoms with van der Waals surface area (Å²) in [7, 11) is 0. The van der Waals surface area contributed by atoms with Crippen LogP contribution in [0.2, 0.25) is 0 Å². The third-order valence-corrected chi connectivity index (χ3v) is 1.53. The van der Waals surface area contributed by atoms with Gasteiger partial charge in [0.05, 0.1) is 6.92 Å². The number of rotatable bonds is 1. The molecule has 0 radical (unpaired) electrons. The summed E-state index contributed by atoms with van der Waals surface area (Å²) >= 11 is 0. The zero-order chi connectivity index (χ0) is 5.82. The van der Waals surface area contributed by atoms with Crippen LogP contribution in [0.1, 0.15) is 0 Å². The van der Waals surface area contributed by atoms with E-state index < -0.39 is 0 Å². The van der Waals surface area contributed by atoms with Gasteiger partial charge in [0.15, 0.2) is 0 Å². The first-order valence-corrected chi connectivity index (χ1v) is 3.16. The van der Waals surface area contributed by atoms with Gasteiger partial charge >= 0.3 is 0 Å². The summed E-state index contributed by atoms with van der Waals surface area (Å²) < 4.78 is 0. The van der Waals surface area contributed by atoms with Crippen LogP contribution in [0.25, 0.3) is 0 Å². The van der Waals surface area contributed by atoms with Crippen molar-refractivity contribution in [2.24, 2.45) is 0 Å². The molecule has 0 atom stereocenters. The molecular formula is C6H13N2+. The molecule has 0 saturated carbocycles. The second-order valence-electron chi connectivity index (χ2n) is 2.09. The Morgan fingerprint density at radius 2 is 2.00 bits per heavy atom. The molecule has 0 spiro atoms. The maximum atomic E-state index is 3.81. The predicted octanol–water partition coefficient (Wildman–Crippen LogP) is -0.274. The van der Waals surface area contributed by atoms with Crippen molar-refractivity contribution in [2.75, 3.05) is 32.7 Å². The molecule has 1 saturated heterocycles. The van der Waals surface area contributed by atoms with Gasteiger partial charge in [-0.15, -0.1) is 0 Å². The predicted molar refractivity (Wildman–Crippen MR) is 34.7 cm³/mol. The molecule has 1 heterocycles. The minimum atomic E-state index is 0.960. The number of hydrogen-bond acceptors (Lipinski definition) is 2. The van der Waals surface area contributed by atoms with Gasteiger partial charge in [-0.25, -0.2) is 0 Å². The Morgan fingerprint density at radius 1 is 1.38 bits per heavy atom. The number of piperazine rings is 1. The fourth-order valence-corrected chi connectivity index (χ4v) is 0.935. The van der Waals surface area contributed by atoms with Gasteiger partial charge in [0, 0.05) is 26.2 Å². The molecule has 0 aromatic carbocycles. The first-order chi connectivity index (χ1) is 3.93. The summed E-state index contributed by atoms with van der Waals surface area (Å²) in [6.07, 6.45) is 0. The molecule has 0 bridgehead atoms. The van der Waals surface area contributed by atoms with Crippen LogP contribution in [-0.2, 0) is 0 Å². The SMILES string of the molecule is [CH2+]CN1CCNCC1. The lowest BCUT2D eigenvalue weighted by atomic mass is 10.4. The standard InChI is InChI=1S/C6H13N2/c1-2-8-5-3-7-4-6-8/h7H,1-6H2/q+1. The normalized spacial score (nSPS) is 23.5.